The van der Waals surface area contributed by atoms with E-state index in [0.29, 0.717) is 7.05 Å². The summed E-state index contributed by atoms with van der Waals surface area (Å²) in [6.45, 7) is 0. The molecule has 1 atom stereocenters. The lowest BCUT2D eigenvalue weighted by molar-refractivity contribution is 0.498. The molecule has 0 aromatic rings. The van der Waals surface area contributed by atoms with Crippen LogP contribution in [0.5, 0.6) is 0 Å². The summed E-state index contributed by atoms with van der Waals surface area (Å²) in [5.41, 5.74) is 0. The second-order valence-electron chi connectivity index (χ2n) is 1.37. The average molecular weight is 209 g/mol. The Morgan fingerprint density at radius 2 is 1.60 bits per heavy atom. The van der Waals surface area contributed by atoms with Gasteiger partial charge in [-0.1, -0.05) is 7.60 Å². The van der Waals surface area contributed by atoms with E-state index in [1.807, 2.05) is 0 Å². The Morgan fingerprint density at radius 1 is 1.30 bits per heavy atom. The third-order valence-electron chi connectivity index (χ3n) is 0.665. The fraction of sp³-hybridized carbons (Fsp3) is 1.00. The van der Waals surface area contributed by atoms with E-state index in [0.717, 1.165) is 0 Å². The lowest BCUT2D eigenvalue weighted by atomic mass is 11.6. The van der Waals surface area contributed by atoms with Gasteiger partial charge in [-0.25, -0.2) is 8.42 Å². The van der Waals surface area contributed by atoms with Crippen LogP contribution in [0.25, 0.3) is 0 Å². The van der Waals surface area contributed by atoms with Gasteiger partial charge in [-0.05, 0) is 0 Å². The van der Waals surface area contributed by atoms with Gasteiger partial charge in [-0.15, -0.1) is 0 Å². The molecule has 0 rings (SSSR count). The highest BCUT2D eigenvalue weighted by molar-refractivity contribution is 8.38. The first-order valence-corrected chi connectivity index (χ1v) is 6.13. The molecular formula is CH5FNO4PS2. The molecule has 0 aromatic carbocycles. The van der Waals surface area contributed by atoms with Gasteiger partial charge < -0.3 is 0 Å². The van der Waals surface area contributed by atoms with Crippen molar-refractivity contribution < 1.29 is 20.7 Å². The van der Waals surface area contributed by atoms with Crippen LogP contribution >= 0.6 is 8.44 Å². The predicted molar refractivity (Wildman–Crippen MR) is 36.4 cm³/mol. The van der Waals surface area contributed by atoms with Crippen LogP contribution in [0.4, 0.5) is 3.89 Å². The molecule has 0 aliphatic carbocycles. The number of rotatable bonds is 2. The van der Waals surface area contributed by atoms with Gasteiger partial charge in [-0.3, -0.25) is 0 Å². The third kappa shape index (κ3) is 2.87. The van der Waals surface area contributed by atoms with E-state index in [1.165, 1.54) is 8.44 Å². The van der Waals surface area contributed by atoms with Gasteiger partial charge in [0, 0.05) is 15.5 Å². The molecule has 0 radical (unpaired) electrons. The molecular weight excluding hydrogens is 204 g/mol. The van der Waals surface area contributed by atoms with E-state index < -0.39 is 20.1 Å². The summed E-state index contributed by atoms with van der Waals surface area (Å²) in [6.07, 6.45) is 0. The van der Waals surface area contributed by atoms with Crippen LogP contribution in [0.2, 0.25) is 0 Å². The van der Waals surface area contributed by atoms with Gasteiger partial charge in [-0.2, -0.15) is 8.42 Å². The highest BCUT2D eigenvalue weighted by Crippen LogP contribution is 2.12. The third-order valence-corrected chi connectivity index (χ3v) is 4.56. The largest absolute Gasteiger partial charge is 0.388 e. The Kier molecular flexibility index (Phi) is 2.75. The molecule has 0 fully saturated rings. The predicted octanol–water partition coefficient (Wildman–Crippen LogP) is -0.748. The van der Waals surface area contributed by atoms with Gasteiger partial charge in [0.15, 0.2) is 0 Å². The first kappa shape index (κ1) is 10.2. The van der Waals surface area contributed by atoms with E-state index in [4.69, 9.17) is 0 Å². The molecule has 0 spiro atoms. The minimum atomic E-state index is -5.14. The molecule has 0 aromatic heterocycles. The summed E-state index contributed by atoms with van der Waals surface area (Å²) in [5.74, 6) is 0. The highest BCUT2D eigenvalue weighted by atomic mass is 32.7. The van der Waals surface area contributed by atoms with Gasteiger partial charge >= 0.3 is 10.4 Å². The summed E-state index contributed by atoms with van der Waals surface area (Å²) in [7, 11) is -7.42. The molecule has 0 saturated carbocycles. The zero-order chi connectivity index (χ0) is 8.58. The monoisotopic (exact) mass is 209 g/mol. The number of hydrogen-bond donors (Lipinski definition) is 0. The van der Waals surface area contributed by atoms with Crippen LogP contribution in [0.15, 0.2) is 0 Å². The molecule has 0 aliphatic heterocycles. The van der Waals surface area contributed by atoms with Gasteiger partial charge in [0.2, 0.25) is 9.64 Å². The number of halogens is 1. The molecule has 0 bridgehead atoms. The Labute approximate surface area is 60.6 Å². The van der Waals surface area contributed by atoms with Crippen LogP contribution in [0.3, 0.4) is 0 Å². The fourth-order valence-corrected chi connectivity index (χ4v) is 2.04. The SMILES string of the molecule is CN(S(=O)(=O)F)S(=O)(=O)P. The van der Waals surface area contributed by atoms with Crippen molar-refractivity contribution in [3.63, 3.8) is 0 Å². The van der Waals surface area contributed by atoms with E-state index >= 15 is 0 Å². The van der Waals surface area contributed by atoms with Crippen LogP contribution < -0.4 is 0 Å². The van der Waals surface area contributed by atoms with Crippen molar-refractivity contribution in [3.8, 4) is 0 Å². The van der Waals surface area contributed by atoms with E-state index in [9.17, 15) is 20.7 Å². The normalized spacial score (nSPS) is 14.0. The molecule has 0 saturated heterocycles. The lowest BCUT2D eigenvalue weighted by Crippen LogP contribution is -2.25. The zero-order valence-electron chi connectivity index (χ0n) is 4.85. The van der Waals surface area contributed by atoms with Crippen molar-refractivity contribution in [2.24, 2.45) is 0 Å². The molecule has 0 heterocycles. The second-order valence-corrected chi connectivity index (χ2v) is 6.33. The van der Waals surface area contributed by atoms with Crippen LogP contribution in [0.1, 0.15) is 0 Å². The average Bonchev–Trinajstić information content (AvgIpc) is 1.59. The van der Waals surface area contributed by atoms with Crippen LogP contribution in [0, 0.1) is 0 Å². The summed E-state index contributed by atoms with van der Waals surface area (Å²) < 4.78 is 51.6. The summed E-state index contributed by atoms with van der Waals surface area (Å²) in [4.78, 5) is 0. The molecule has 10 heavy (non-hydrogen) atoms. The van der Waals surface area contributed by atoms with Crippen molar-refractivity contribution in [1.29, 1.82) is 0 Å². The van der Waals surface area contributed by atoms with E-state index in [1.54, 1.807) is 0 Å². The van der Waals surface area contributed by atoms with Crippen molar-refractivity contribution in [2.75, 3.05) is 7.05 Å². The van der Waals surface area contributed by atoms with Crippen molar-refractivity contribution >= 4 is 28.5 Å². The summed E-state index contributed by atoms with van der Waals surface area (Å²) in [5, 5.41) is 0. The topological polar surface area (TPSA) is 71.5 Å². The minimum absolute atomic E-state index is 0.384. The maximum atomic E-state index is 11.8. The second kappa shape index (κ2) is 2.69. The van der Waals surface area contributed by atoms with Gasteiger partial charge in [0.25, 0.3) is 0 Å². The van der Waals surface area contributed by atoms with Crippen LogP contribution in [-0.2, 0) is 20.1 Å². The standard InChI is InChI=1S/CH5FNO4PS2/c1-3(9(2,4)5)10(6,7)8/h8H2,1H3. The van der Waals surface area contributed by atoms with Crippen molar-refractivity contribution in [1.82, 2.24) is 3.71 Å². The minimum Gasteiger partial charge on any atom is -0.208 e. The van der Waals surface area contributed by atoms with Crippen LogP contribution in [-0.4, -0.2) is 27.6 Å². The number of nitrogens with zero attached hydrogens (tertiary/aromatic N) is 1. The van der Waals surface area contributed by atoms with Crippen molar-refractivity contribution in [2.45, 2.75) is 0 Å². The maximum absolute atomic E-state index is 11.8. The Hall–Kier alpha value is 0.220. The highest BCUT2D eigenvalue weighted by Gasteiger charge is 2.25. The summed E-state index contributed by atoms with van der Waals surface area (Å²) in [6, 6.07) is 0. The molecule has 1 unspecified atom stereocenters. The van der Waals surface area contributed by atoms with Gasteiger partial charge in [0.05, 0.1) is 0 Å². The van der Waals surface area contributed by atoms with E-state index in [-0.39, 0.29) is 3.71 Å². The van der Waals surface area contributed by atoms with E-state index in [2.05, 4.69) is 0 Å². The van der Waals surface area contributed by atoms with Gasteiger partial charge in [0.1, 0.15) is 0 Å². The van der Waals surface area contributed by atoms with Crippen molar-refractivity contribution in [3.05, 3.63) is 0 Å². The lowest BCUT2D eigenvalue weighted by Gasteiger charge is -2.05. The molecule has 0 amide bonds. The maximum Gasteiger partial charge on any atom is 0.388 e. The Bertz CT molecular complexity index is 272. The quantitative estimate of drug-likeness (QED) is 0.443. The fourth-order valence-electron chi connectivity index (χ4n) is 0.124. The summed E-state index contributed by atoms with van der Waals surface area (Å²) >= 11 is 0. The number of hydrogen-bond acceptors (Lipinski definition) is 4. The molecule has 5 nitrogen and oxygen atoms in total. The first-order valence-electron chi connectivity index (χ1n) is 1.87. The smallest absolute Gasteiger partial charge is 0.208 e. The first-order chi connectivity index (χ1) is 4.15. The molecule has 62 valence electrons. The molecule has 0 aliphatic rings. The zero-order valence-corrected chi connectivity index (χ0v) is 7.64. The molecule has 0 N–H and O–H groups in total. The Balaban J connectivity index is 4.94. The molecule has 9 heteroatoms. The Morgan fingerprint density at radius 3 is 1.60 bits per heavy atom.